The second-order valence-electron chi connectivity index (χ2n) is 4.99. The Bertz CT molecular complexity index is 391. The number of nitrogens with zero attached hydrogens (tertiary/aromatic N) is 2. The summed E-state index contributed by atoms with van der Waals surface area (Å²) in [6.07, 6.45) is 6.03. The number of anilines is 2. The lowest BCUT2D eigenvalue weighted by atomic mass is 10.1. The van der Waals surface area contributed by atoms with E-state index in [-0.39, 0.29) is 0 Å². The molecule has 0 aliphatic carbocycles. The van der Waals surface area contributed by atoms with Gasteiger partial charge in [-0.1, -0.05) is 13.3 Å². The zero-order chi connectivity index (χ0) is 13.5. The van der Waals surface area contributed by atoms with E-state index in [1.165, 1.54) is 12.0 Å². The minimum absolute atomic E-state index is 0.702. The summed E-state index contributed by atoms with van der Waals surface area (Å²) in [7, 11) is 1.90. The van der Waals surface area contributed by atoms with E-state index in [1.807, 2.05) is 7.05 Å². The Labute approximate surface area is 115 Å². The molecule has 1 aliphatic rings. The minimum Gasteiger partial charge on any atom is -0.381 e. The lowest BCUT2D eigenvalue weighted by molar-refractivity contribution is 0.185. The van der Waals surface area contributed by atoms with Crippen LogP contribution in [-0.2, 0) is 11.2 Å². The van der Waals surface area contributed by atoms with E-state index in [2.05, 4.69) is 27.5 Å². The molecular weight excluding hydrogens is 240 g/mol. The van der Waals surface area contributed by atoms with E-state index < -0.39 is 0 Å². The Balaban J connectivity index is 1.94. The van der Waals surface area contributed by atoms with Crippen LogP contribution in [0.5, 0.6) is 0 Å². The van der Waals surface area contributed by atoms with Crippen molar-refractivity contribution in [1.82, 2.24) is 9.97 Å². The third-order valence-corrected chi connectivity index (χ3v) is 3.55. The van der Waals surface area contributed by atoms with Crippen molar-refractivity contribution in [3.63, 3.8) is 0 Å². The molecule has 1 aliphatic heterocycles. The molecule has 5 nitrogen and oxygen atoms in total. The average Bonchev–Trinajstić information content (AvgIpc) is 2.94. The third-order valence-electron chi connectivity index (χ3n) is 3.55. The SMILES string of the molecule is CCCc1c(NC)ncnc1NCCC1CCOC1. The molecule has 2 rings (SSSR count). The second kappa shape index (κ2) is 7.28. The van der Waals surface area contributed by atoms with Gasteiger partial charge in [-0.3, -0.25) is 0 Å². The van der Waals surface area contributed by atoms with E-state index in [4.69, 9.17) is 4.74 Å². The van der Waals surface area contributed by atoms with Gasteiger partial charge in [0, 0.05) is 32.4 Å². The highest BCUT2D eigenvalue weighted by molar-refractivity contribution is 5.57. The van der Waals surface area contributed by atoms with Gasteiger partial charge in [0.05, 0.1) is 0 Å². The summed E-state index contributed by atoms with van der Waals surface area (Å²) in [5.74, 6) is 2.61. The Morgan fingerprint density at radius 2 is 2.21 bits per heavy atom. The number of hydrogen-bond donors (Lipinski definition) is 2. The first kappa shape index (κ1) is 14.1. The van der Waals surface area contributed by atoms with Crippen molar-refractivity contribution in [1.29, 1.82) is 0 Å². The first-order chi connectivity index (χ1) is 9.35. The highest BCUT2D eigenvalue weighted by Gasteiger charge is 2.15. The van der Waals surface area contributed by atoms with Crippen molar-refractivity contribution >= 4 is 11.6 Å². The maximum absolute atomic E-state index is 5.40. The summed E-state index contributed by atoms with van der Waals surface area (Å²) >= 11 is 0. The number of aromatic nitrogens is 2. The average molecular weight is 264 g/mol. The van der Waals surface area contributed by atoms with Gasteiger partial charge in [-0.2, -0.15) is 0 Å². The molecule has 1 atom stereocenters. The Morgan fingerprint density at radius 1 is 1.37 bits per heavy atom. The van der Waals surface area contributed by atoms with Gasteiger partial charge in [0.25, 0.3) is 0 Å². The van der Waals surface area contributed by atoms with Crippen molar-refractivity contribution in [3.05, 3.63) is 11.9 Å². The van der Waals surface area contributed by atoms with Crippen LogP contribution in [0.2, 0.25) is 0 Å². The molecule has 1 fully saturated rings. The molecule has 5 heteroatoms. The van der Waals surface area contributed by atoms with Gasteiger partial charge < -0.3 is 15.4 Å². The number of nitrogens with one attached hydrogen (secondary N) is 2. The molecule has 2 heterocycles. The van der Waals surface area contributed by atoms with Crippen LogP contribution in [0.25, 0.3) is 0 Å². The van der Waals surface area contributed by atoms with Gasteiger partial charge >= 0.3 is 0 Å². The van der Waals surface area contributed by atoms with E-state index in [1.54, 1.807) is 6.33 Å². The summed E-state index contributed by atoms with van der Waals surface area (Å²) in [5, 5.41) is 6.59. The van der Waals surface area contributed by atoms with Crippen LogP contribution >= 0.6 is 0 Å². The molecule has 1 unspecified atom stereocenters. The van der Waals surface area contributed by atoms with Gasteiger partial charge in [0.1, 0.15) is 18.0 Å². The summed E-state index contributed by atoms with van der Waals surface area (Å²) in [6, 6.07) is 0. The summed E-state index contributed by atoms with van der Waals surface area (Å²) in [6.45, 7) is 4.95. The van der Waals surface area contributed by atoms with Crippen molar-refractivity contribution < 1.29 is 4.74 Å². The van der Waals surface area contributed by atoms with E-state index in [0.29, 0.717) is 5.92 Å². The molecule has 1 aromatic heterocycles. The van der Waals surface area contributed by atoms with Crippen LogP contribution in [-0.4, -0.2) is 36.8 Å². The van der Waals surface area contributed by atoms with Crippen LogP contribution in [0.1, 0.15) is 31.7 Å². The highest BCUT2D eigenvalue weighted by atomic mass is 16.5. The monoisotopic (exact) mass is 264 g/mol. The molecule has 19 heavy (non-hydrogen) atoms. The number of rotatable bonds is 7. The van der Waals surface area contributed by atoms with E-state index in [0.717, 1.165) is 50.7 Å². The van der Waals surface area contributed by atoms with Crippen molar-refractivity contribution in [2.75, 3.05) is 37.4 Å². The second-order valence-corrected chi connectivity index (χ2v) is 4.99. The largest absolute Gasteiger partial charge is 0.381 e. The predicted molar refractivity (Wildman–Crippen MR) is 77.6 cm³/mol. The first-order valence-electron chi connectivity index (χ1n) is 7.18. The third kappa shape index (κ3) is 3.80. The van der Waals surface area contributed by atoms with Gasteiger partial charge in [0.15, 0.2) is 0 Å². The predicted octanol–water partition coefficient (Wildman–Crippen LogP) is 2.31. The van der Waals surface area contributed by atoms with E-state index in [9.17, 15) is 0 Å². The van der Waals surface area contributed by atoms with Crippen molar-refractivity contribution in [2.45, 2.75) is 32.6 Å². The number of ether oxygens (including phenoxy) is 1. The molecule has 0 radical (unpaired) electrons. The molecular formula is C14H24N4O. The minimum atomic E-state index is 0.702. The molecule has 0 saturated carbocycles. The fraction of sp³-hybridized carbons (Fsp3) is 0.714. The summed E-state index contributed by atoms with van der Waals surface area (Å²) in [5.41, 5.74) is 1.19. The normalized spacial score (nSPS) is 18.5. The van der Waals surface area contributed by atoms with E-state index >= 15 is 0 Å². The molecule has 2 N–H and O–H groups in total. The molecule has 106 valence electrons. The lowest BCUT2D eigenvalue weighted by Crippen LogP contribution is -2.13. The Kier molecular flexibility index (Phi) is 5.39. The molecule has 1 aromatic rings. The zero-order valence-electron chi connectivity index (χ0n) is 11.9. The van der Waals surface area contributed by atoms with Gasteiger partial charge in [-0.05, 0) is 25.2 Å². The first-order valence-corrected chi connectivity index (χ1v) is 7.18. The lowest BCUT2D eigenvalue weighted by Gasteiger charge is -2.14. The smallest absolute Gasteiger partial charge is 0.134 e. The fourth-order valence-electron chi connectivity index (χ4n) is 2.47. The quantitative estimate of drug-likeness (QED) is 0.791. The maximum Gasteiger partial charge on any atom is 0.134 e. The molecule has 1 saturated heterocycles. The Hall–Kier alpha value is -1.36. The number of hydrogen-bond acceptors (Lipinski definition) is 5. The fourth-order valence-corrected chi connectivity index (χ4v) is 2.47. The Morgan fingerprint density at radius 3 is 2.89 bits per heavy atom. The van der Waals surface area contributed by atoms with Crippen molar-refractivity contribution in [3.8, 4) is 0 Å². The maximum atomic E-state index is 5.40. The topological polar surface area (TPSA) is 59.1 Å². The van der Waals surface area contributed by atoms with Crippen LogP contribution in [0, 0.1) is 5.92 Å². The van der Waals surface area contributed by atoms with Crippen molar-refractivity contribution in [2.24, 2.45) is 5.92 Å². The molecule has 0 amide bonds. The van der Waals surface area contributed by atoms with Gasteiger partial charge in [-0.15, -0.1) is 0 Å². The zero-order valence-corrected chi connectivity index (χ0v) is 11.9. The van der Waals surface area contributed by atoms with Gasteiger partial charge in [-0.25, -0.2) is 9.97 Å². The highest BCUT2D eigenvalue weighted by Crippen LogP contribution is 2.22. The summed E-state index contributed by atoms with van der Waals surface area (Å²) in [4.78, 5) is 8.66. The standard InChI is InChI=1S/C14H24N4O/c1-3-4-12-13(15-2)17-10-18-14(12)16-7-5-11-6-8-19-9-11/h10-11H,3-9H2,1-2H3,(H2,15,16,17,18). The van der Waals surface area contributed by atoms with Gasteiger partial charge in [0.2, 0.25) is 0 Å². The summed E-state index contributed by atoms with van der Waals surface area (Å²) < 4.78 is 5.40. The molecule has 0 aromatic carbocycles. The van der Waals surface area contributed by atoms with Crippen LogP contribution in [0.15, 0.2) is 6.33 Å². The van der Waals surface area contributed by atoms with Crippen LogP contribution < -0.4 is 10.6 Å². The van der Waals surface area contributed by atoms with Crippen LogP contribution in [0.3, 0.4) is 0 Å². The van der Waals surface area contributed by atoms with Crippen LogP contribution in [0.4, 0.5) is 11.6 Å². The molecule has 0 bridgehead atoms. The molecule has 0 spiro atoms.